The lowest BCUT2D eigenvalue weighted by Crippen LogP contribution is -2.44. The first-order chi connectivity index (χ1) is 8.55. The summed E-state index contributed by atoms with van der Waals surface area (Å²) in [5.74, 6) is -7.66. The largest absolute Gasteiger partial charge is 0.491 e. The summed E-state index contributed by atoms with van der Waals surface area (Å²) >= 11 is 0. The molecule has 0 bridgehead atoms. The van der Waals surface area contributed by atoms with Crippen LogP contribution in [0.3, 0.4) is 0 Å². The quantitative estimate of drug-likeness (QED) is 0.619. The van der Waals surface area contributed by atoms with E-state index in [1.807, 2.05) is 0 Å². The fourth-order valence-corrected chi connectivity index (χ4v) is 1.29. The molecule has 0 amide bonds. The predicted molar refractivity (Wildman–Crippen MR) is 57.5 cm³/mol. The average Bonchev–Trinajstić information content (AvgIpc) is 2.25. The third-order valence-electron chi connectivity index (χ3n) is 2.11. The zero-order valence-electron chi connectivity index (χ0n) is 10.1. The monoisotopic (exact) mass is 282 g/mol. The second kappa shape index (κ2) is 5.14. The highest BCUT2D eigenvalue weighted by Gasteiger charge is 2.63. The van der Waals surface area contributed by atoms with Crippen LogP contribution in [-0.2, 0) is 0 Å². The van der Waals surface area contributed by atoms with Crippen LogP contribution in [0.2, 0.25) is 0 Å². The van der Waals surface area contributed by atoms with E-state index in [9.17, 15) is 26.7 Å². The number of carbonyl (C=O) groups is 1. The van der Waals surface area contributed by atoms with E-state index in [-0.39, 0.29) is 11.9 Å². The number of carbonyl (C=O) groups excluding carboxylic acids is 1. The van der Waals surface area contributed by atoms with E-state index in [0.717, 1.165) is 12.1 Å². The van der Waals surface area contributed by atoms with Crippen LogP contribution in [0.5, 0.6) is 5.75 Å². The Balaban J connectivity index is 3.07. The minimum absolute atomic E-state index is 0.0545. The van der Waals surface area contributed by atoms with Crippen molar-refractivity contribution in [3.63, 3.8) is 0 Å². The van der Waals surface area contributed by atoms with Crippen LogP contribution in [0.1, 0.15) is 24.2 Å². The van der Waals surface area contributed by atoms with E-state index < -0.39 is 23.4 Å². The molecule has 1 rings (SSSR count). The lowest BCUT2D eigenvalue weighted by molar-refractivity contribution is -0.255. The highest BCUT2D eigenvalue weighted by molar-refractivity contribution is 6.02. The van der Waals surface area contributed by atoms with Crippen LogP contribution in [0.25, 0.3) is 0 Å². The molecule has 0 unspecified atom stereocenters. The maximum atomic E-state index is 12.9. The van der Waals surface area contributed by atoms with Crippen LogP contribution >= 0.6 is 0 Å². The maximum absolute atomic E-state index is 12.9. The number of benzene rings is 1. The van der Waals surface area contributed by atoms with Gasteiger partial charge in [0.1, 0.15) is 5.75 Å². The first-order valence-corrected chi connectivity index (χ1v) is 5.31. The number of rotatable bonds is 4. The Hall–Kier alpha value is -1.66. The van der Waals surface area contributed by atoms with E-state index in [0.29, 0.717) is 0 Å². The van der Waals surface area contributed by atoms with Crippen molar-refractivity contribution < 1.29 is 31.5 Å². The maximum Gasteiger partial charge on any atom is 0.461 e. The Morgan fingerprint density at radius 1 is 1.16 bits per heavy atom. The Morgan fingerprint density at radius 2 is 1.74 bits per heavy atom. The van der Waals surface area contributed by atoms with E-state index >= 15 is 0 Å². The number of Topliss-reactive ketones (excluding diaryl/α,β-unsaturated/α-hetero) is 1. The van der Waals surface area contributed by atoms with Crippen molar-refractivity contribution in [1.82, 2.24) is 0 Å². The lowest BCUT2D eigenvalue weighted by atomic mass is 10.0. The van der Waals surface area contributed by atoms with Crippen molar-refractivity contribution in [3.05, 3.63) is 29.8 Å². The smallest absolute Gasteiger partial charge is 0.461 e. The van der Waals surface area contributed by atoms with Crippen LogP contribution in [0.15, 0.2) is 24.3 Å². The van der Waals surface area contributed by atoms with Crippen molar-refractivity contribution in [1.29, 1.82) is 0 Å². The molecule has 2 nitrogen and oxygen atoms in total. The lowest BCUT2D eigenvalue weighted by Gasteiger charge is -2.18. The highest BCUT2D eigenvalue weighted by Crippen LogP contribution is 2.38. The van der Waals surface area contributed by atoms with Crippen molar-refractivity contribution in [2.75, 3.05) is 0 Å². The molecule has 0 aliphatic carbocycles. The predicted octanol–water partition coefficient (Wildman–Crippen LogP) is 3.85. The topological polar surface area (TPSA) is 26.3 Å². The number of hydrogen-bond acceptors (Lipinski definition) is 2. The van der Waals surface area contributed by atoms with Crippen LogP contribution in [0.4, 0.5) is 22.0 Å². The van der Waals surface area contributed by atoms with Gasteiger partial charge < -0.3 is 4.74 Å². The Bertz CT molecular complexity index is 465. The third-order valence-corrected chi connectivity index (χ3v) is 2.11. The van der Waals surface area contributed by atoms with Gasteiger partial charge in [-0.15, -0.1) is 0 Å². The first kappa shape index (κ1) is 15.4. The van der Waals surface area contributed by atoms with Crippen LogP contribution in [0, 0.1) is 0 Å². The molecular formula is C12H11F5O2. The molecule has 0 saturated carbocycles. The third kappa shape index (κ3) is 3.42. The van der Waals surface area contributed by atoms with Gasteiger partial charge in [-0.3, -0.25) is 4.79 Å². The molecule has 7 heteroatoms. The van der Waals surface area contributed by atoms with Gasteiger partial charge in [0.2, 0.25) is 5.78 Å². The molecule has 19 heavy (non-hydrogen) atoms. The molecule has 1 aromatic carbocycles. The first-order valence-electron chi connectivity index (χ1n) is 5.31. The fraction of sp³-hybridized carbons (Fsp3) is 0.417. The number of ether oxygens (including phenoxy) is 1. The normalized spacial score (nSPS) is 12.6. The molecule has 1 aromatic rings. The molecule has 0 aliphatic heterocycles. The van der Waals surface area contributed by atoms with Gasteiger partial charge in [0.25, 0.3) is 0 Å². The number of ketones is 1. The molecule has 0 N–H and O–H groups in total. The van der Waals surface area contributed by atoms with Gasteiger partial charge in [-0.2, -0.15) is 22.0 Å². The summed E-state index contributed by atoms with van der Waals surface area (Å²) in [4.78, 5) is 11.2. The standard InChI is InChI=1S/C12H11F5O2/c1-7(2)19-9-5-3-4-8(6-9)10(18)11(13,14)12(15,16)17/h3-7H,1-2H3. The molecule has 0 saturated heterocycles. The number of alkyl halides is 5. The Kier molecular flexibility index (Phi) is 4.17. The molecule has 0 aliphatic rings. The van der Waals surface area contributed by atoms with Gasteiger partial charge in [-0.05, 0) is 26.0 Å². The minimum Gasteiger partial charge on any atom is -0.491 e. The van der Waals surface area contributed by atoms with E-state index in [4.69, 9.17) is 4.74 Å². The van der Waals surface area contributed by atoms with Crippen molar-refractivity contribution in [3.8, 4) is 5.75 Å². The fourth-order valence-electron chi connectivity index (χ4n) is 1.29. The number of hydrogen-bond donors (Lipinski definition) is 0. The van der Waals surface area contributed by atoms with Crippen molar-refractivity contribution >= 4 is 5.78 Å². The van der Waals surface area contributed by atoms with Gasteiger partial charge in [-0.25, -0.2) is 0 Å². The van der Waals surface area contributed by atoms with Crippen molar-refractivity contribution in [2.45, 2.75) is 32.1 Å². The van der Waals surface area contributed by atoms with Gasteiger partial charge in [0.15, 0.2) is 0 Å². The molecule has 0 spiro atoms. The van der Waals surface area contributed by atoms with E-state index in [2.05, 4.69) is 0 Å². The van der Waals surface area contributed by atoms with Gasteiger partial charge in [0, 0.05) is 5.56 Å². The Labute approximate surface area is 106 Å². The van der Waals surface area contributed by atoms with Crippen LogP contribution in [-0.4, -0.2) is 24.0 Å². The van der Waals surface area contributed by atoms with E-state index in [1.54, 1.807) is 13.8 Å². The molecule has 0 radical (unpaired) electrons. The molecule has 106 valence electrons. The molecular weight excluding hydrogens is 271 g/mol. The van der Waals surface area contributed by atoms with Crippen LogP contribution < -0.4 is 4.74 Å². The molecule has 0 heterocycles. The summed E-state index contributed by atoms with van der Waals surface area (Å²) in [6.07, 6.45) is -6.22. The summed E-state index contributed by atoms with van der Waals surface area (Å²) in [6.45, 7) is 3.30. The summed E-state index contributed by atoms with van der Waals surface area (Å²) < 4.78 is 67.1. The van der Waals surface area contributed by atoms with Gasteiger partial charge in [-0.1, -0.05) is 12.1 Å². The zero-order chi connectivity index (χ0) is 14.8. The average molecular weight is 282 g/mol. The van der Waals surface area contributed by atoms with Gasteiger partial charge in [0.05, 0.1) is 6.10 Å². The van der Waals surface area contributed by atoms with Gasteiger partial charge >= 0.3 is 12.1 Å². The summed E-state index contributed by atoms with van der Waals surface area (Å²) in [5.41, 5.74) is -0.750. The SMILES string of the molecule is CC(C)Oc1cccc(C(=O)C(F)(F)C(F)(F)F)c1. The summed E-state index contributed by atoms with van der Waals surface area (Å²) in [6, 6.07) is 4.29. The van der Waals surface area contributed by atoms with Crippen molar-refractivity contribution in [2.24, 2.45) is 0 Å². The summed E-state index contributed by atoms with van der Waals surface area (Å²) in [5, 5.41) is 0. The molecule has 0 fully saturated rings. The second-order valence-electron chi connectivity index (χ2n) is 4.10. The Morgan fingerprint density at radius 3 is 2.21 bits per heavy atom. The summed E-state index contributed by atoms with van der Waals surface area (Å²) in [7, 11) is 0. The second-order valence-corrected chi connectivity index (χ2v) is 4.10. The zero-order valence-corrected chi connectivity index (χ0v) is 10.1. The van der Waals surface area contributed by atoms with E-state index in [1.165, 1.54) is 12.1 Å². The molecule has 0 aromatic heterocycles. The highest BCUT2D eigenvalue weighted by atomic mass is 19.4. The minimum atomic E-state index is -5.92. The molecule has 0 atom stereocenters. The number of halogens is 5.